The van der Waals surface area contributed by atoms with Crippen molar-refractivity contribution in [2.45, 2.75) is 19.3 Å². The normalized spacial score (nSPS) is 13.1. The average molecular weight is 601 g/mol. The number of hydrogen-bond acceptors (Lipinski definition) is 2. The molecule has 1 aliphatic carbocycles. The summed E-state index contributed by atoms with van der Waals surface area (Å²) in [5, 5.41) is 4.92. The van der Waals surface area contributed by atoms with Crippen molar-refractivity contribution < 1.29 is 0 Å². The molecule has 0 N–H and O–H groups in total. The average Bonchev–Trinajstić information content (AvgIpc) is 3.38. The lowest BCUT2D eigenvalue weighted by atomic mass is 9.81. The summed E-state index contributed by atoms with van der Waals surface area (Å²) in [5.74, 6) is 0.726. The van der Waals surface area contributed by atoms with E-state index in [2.05, 4.69) is 159 Å². The highest BCUT2D eigenvalue weighted by Gasteiger charge is 2.38. The maximum absolute atomic E-state index is 5.18. The standard InChI is InChI=1S/C45H32N2/c1-45(2)38-23-13-22-36(43(38)42-32-19-10-9-14-29(32)24-27-39(42)45)35-25-26-37(34-21-12-11-20-33(34)35)44-46-40(30-15-5-3-6-16-30)28-41(47-44)31-17-7-4-8-18-31/h3-28H,1-2H3. The smallest absolute Gasteiger partial charge is 0.161 e. The van der Waals surface area contributed by atoms with E-state index in [0.717, 1.165) is 39.3 Å². The highest BCUT2D eigenvalue weighted by Crippen LogP contribution is 2.55. The Labute approximate surface area is 275 Å². The van der Waals surface area contributed by atoms with Crippen LogP contribution in [0.4, 0.5) is 0 Å². The van der Waals surface area contributed by atoms with Crippen LogP contribution < -0.4 is 0 Å². The van der Waals surface area contributed by atoms with Crippen LogP contribution >= 0.6 is 0 Å². The molecule has 2 nitrogen and oxygen atoms in total. The topological polar surface area (TPSA) is 25.8 Å². The van der Waals surface area contributed by atoms with Gasteiger partial charge in [-0.1, -0.05) is 159 Å². The molecule has 0 spiro atoms. The van der Waals surface area contributed by atoms with Gasteiger partial charge in [-0.05, 0) is 67.1 Å². The van der Waals surface area contributed by atoms with Crippen molar-refractivity contribution in [1.82, 2.24) is 9.97 Å². The molecular weight excluding hydrogens is 569 g/mol. The lowest BCUT2D eigenvalue weighted by Gasteiger charge is -2.22. The molecule has 222 valence electrons. The third-order valence-electron chi connectivity index (χ3n) is 9.91. The molecule has 2 heteroatoms. The quantitative estimate of drug-likeness (QED) is 0.201. The molecular formula is C45H32N2. The molecule has 0 saturated heterocycles. The molecule has 0 unspecified atom stereocenters. The van der Waals surface area contributed by atoms with Gasteiger partial charge in [-0.3, -0.25) is 0 Å². The number of hydrogen-bond donors (Lipinski definition) is 0. The van der Waals surface area contributed by atoms with Crippen LogP contribution in [0.25, 0.3) is 77.7 Å². The number of aromatic nitrogens is 2. The molecule has 0 fully saturated rings. The van der Waals surface area contributed by atoms with Crippen molar-refractivity contribution in [2.75, 3.05) is 0 Å². The number of benzene rings is 7. The first-order valence-electron chi connectivity index (χ1n) is 16.3. The Kier molecular flexibility index (Phi) is 6.20. The van der Waals surface area contributed by atoms with Crippen molar-refractivity contribution in [2.24, 2.45) is 0 Å². The maximum atomic E-state index is 5.18. The molecule has 9 rings (SSSR count). The van der Waals surface area contributed by atoms with Crippen LogP contribution in [0.3, 0.4) is 0 Å². The summed E-state index contributed by atoms with van der Waals surface area (Å²) < 4.78 is 0. The van der Waals surface area contributed by atoms with Gasteiger partial charge in [-0.15, -0.1) is 0 Å². The number of nitrogens with zero attached hydrogens (tertiary/aromatic N) is 2. The summed E-state index contributed by atoms with van der Waals surface area (Å²) in [6, 6.07) is 56.3. The second kappa shape index (κ2) is 10.6. The van der Waals surface area contributed by atoms with Crippen LogP contribution in [0.2, 0.25) is 0 Å². The lowest BCUT2D eigenvalue weighted by Crippen LogP contribution is -2.14. The summed E-state index contributed by atoms with van der Waals surface area (Å²) in [6.45, 7) is 4.72. The second-order valence-corrected chi connectivity index (χ2v) is 13.0. The number of rotatable bonds is 4. The minimum absolute atomic E-state index is 0.0972. The van der Waals surface area contributed by atoms with E-state index in [4.69, 9.17) is 9.97 Å². The molecule has 7 aromatic carbocycles. The Balaban J connectivity index is 1.29. The SMILES string of the molecule is CC1(C)c2cccc(-c3ccc(-c4nc(-c5ccccc5)cc(-c5ccccc5)n4)c4ccccc34)c2-c2c1ccc1ccccc21. The third kappa shape index (κ3) is 4.33. The van der Waals surface area contributed by atoms with Crippen LogP contribution in [-0.4, -0.2) is 9.97 Å². The Morgan fingerprint density at radius 1 is 0.404 bits per heavy atom. The van der Waals surface area contributed by atoms with Gasteiger partial charge in [0.1, 0.15) is 0 Å². The number of fused-ring (bicyclic) bond motifs is 6. The van der Waals surface area contributed by atoms with Crippen molar-refractivity contribution in [3.05, 3.63) is 169 Å². The van der Waals surface area contributed by atoms with Crippen LogP contribution in [0, 0.1) is 0 Å². The molecule has 1 aliphatic rings. The summed E-state index contributed by atoms with van der Waals surface area (Å²) in [4.78, 5) is 10.4. The monoisotopic (exact) mass is 600 g/mol. The molecule has 47 heavy (non-hydrogen) atoms. The summed E-state index contributed by atoms with van der Waals surface area (Å²) in [5.41, 5.74) is 12.8. The van der Waals surface area contributed by atoms with E-state index in [1.165, 1.54) is 49.5 Å². The Morgan fingerprint density at radius 2 is 0.957 bits per heavy atom. The lowest BCUT2D eigenvalue weighted by molar-refractivity contribution is 0.661. The molecule has 0 radical (unpaired) electrons. The van der Waals surface area contributed by atoms with E-state index in [-0.39, 0.29) is 5.41 Å². The molecule has 0 aliphatic heterocycles. The van der Waals surface area contributed by atoms with Gasteiger partial charge in [0, 0.05) is 22.1 Å². The molecule has 0 saturated carbocycles. The predicted octanol–water partition coefficient (Wildman–Crippen LogP) is 11.8. The molecule has 1 aromatic heterocycles. The fourth-order valence-electron chi connectivity index (χ4n) is 7.58. The van der Waals surface area contributed by atoms with Gasteiger partial charge in [-0.25, -0.2) is 9.97 Å². The van der Waals surface area contributed by atoms with Crippen LogP contribution in [0.5, 0.6) is 0 Å². The van der Waals surface area contributed by atoms with Crippen molar-refractivity contribution in [3.8, 4) is 56.2 Å². The predicted molar refractivity (Wildman–Crippen MR) is 196 cm³/mol. The van der Waals surface area contributed by atoms with Gasteiger partial charge in [0.25, 0.3) is 0 Å². The van der Waals surface area contributed by atoms with Gasteiger partial charge in [0.15, 0.2) is 5.82 Å². The fourth-order valence-corrected chi connectivity index (χ4v) is 7.58. The summed E-state index contributed by atoms with van der Waals surface area (Å²) >= 11 is 0. The Bertz CT molecular complexity index is 2420. The molecule has 0 atom stereocenters. The maximum Gasteiger partial charge on any atom is 0.161 e. The Morgan fingerprint density at radius 3 is 1.64 bits per heavy atom. The molecule has 0 amide bonds. The van der Waals surface area contributed by atoms with E-state index in [0.29, 0.717) is 0 Å². The first kappa shape index (κ1) is 27.5. The van der Waals surface area contributed by atoms with Crippen molar-refractivity contribution in [1.29, 1.82) is 0 Å². The fraction of sp³-hybridized carbons (Fsp3) is 0.0667. The zero-order chi connectivity index (χ0) is 31.5. The van der Waals surface area contributed by atoms with Crippen LogP contribution in [-0.2, 0) is 5.41 Å². The third-order valence-corrected chi connectivity index (χ3v) is 9.91. The van der Waals surface area contributed by atoms with Crippen LogP contribution in [0.1, 0.15) is 25.0 Å². The van der Waals surface area contributed by atoms with Gasteiger partial charge < -0.3 is 0 Å². The van der Waals surface area contributed by atoms with Gasteiger partial charge in [0.2, 0.25) is 0 Å². The van der Waals surface area contributed by atoms with E-state index in [1.54, 1.807) is 0 Å². The van der Waals surface area contributed by atoms with E-state index >= 15 is 0 Å². The van der Waals surface area contributed by atoms with E-state index in [1.807, 2.05) is 12.1 Å². The van der Waals surface area contributed by atoms with Crippen LogP contribution in [0.15, 0.2) is 158 Å². The summed E-state index contributed by atoms with van der Waals surface area (Å²) in [6.07, 6.45) is 0. The van der Waals surface area contributed by atoms with Gasteiger partial charge >= 0.3 is 0 Å². The van der Waals surface area contributed by atoms with E-state index < -0.39 is 0 Å². The highest BCUT2D eigenvalue weighted by molar-refractivity contribution is 6.11. The molecule has 8 aromatic rings. The zero-order valence-corrected chi connectivity index (χ0v) is 26.4. The minimum Gasteiger partial charge on any atom is -0.228 e. The summed E-state index contributed by atoms with van der Waals surface area (Å²) in [7, 11) is 0. The first-order chi connectivity index (χ1) is 23.1. The first-order valence-corrected chi connectivity index (χ1v) is 16.3. The second-order valence-electron chi connectivity index (χ2n) is 13.0. The molecule has 0 bridgehead atoms. The largest absolute Gasteiger partial charge is 0.228 e. The highest BCUT2D eigenvalue weighted by atomic mass is 14.9. The van der Waals surface area contributed by atoms with Gasteiger partial charge in [0.05, 0.1) is 11.4 Å². The van der Waals surface area contributed by atoms with Gasteiger partial charge in [-0.2, -0.15) is 0 Å². The molecule has 1 heterocycles. The zero-order valence-electron chi connectivity index (χ0n) is 26.4. The minimum atomic E-state index is -0.0972. The Hall–Kier alpha value is -5.86. The van der Waals surface area contributed by atoms with Crippen molar-refractivity contribution >= 4 is 21.5 Å². The van der Waals surface area contributed by atoms with Crippen molar-refractivity contribution in [3.63, 3.8) is 0 Å². The van der Waals surface area contributed by atoms with E-state index in [9.17, 15) is 0 Å².